The number of hydrogen-bond acceptors (Lipinski definition) is 8. The first-order valence-electron chi connectivity index (χ1n) is 11.8. The number of amides is 1. The maximum Gasteiger partial charge on any atom is 0.340 e. The van der Waals surface area contributed by atoms with Crippen molar-refractivity contribution in [3.05, 3.63) is 41.0 Å². The molecule has 1 amide bonds. The first-order valence-corrected chi connectivity index (χ1v) is 11.8. The summed E-state index contributed by atoms with van der Waals surface area (Å²) in [7, 11) is 0. The smallest absolute Gasteiger partial charge is 0.340 e. The molecule has 0 saturated carbocycles. The van der Waals surface area contributed by atoms with Crippen LogP contribution in [0.4, 0.5) is 5.69 Å². The second-order valence-corrected chi connectivity index (χ2v) is 8.13. The van der Waals surface area contributed by atoms with Gasteiger partial charge in [-0.25, -0.2) is 15.1 Å². The van der Waals surface area contributed by atoms with Crippen molar-refractivity contribution >= 4 is 23.5 Å². The minimum Gasteiger partial charge on any atom is -0.462 e. The molecule has 0 aromatic carbocycles. The van der Waals surface area contributed by atoms with Crippen LogP contribution in [-0.4, -0.2) is 62.2 Å². The van der Waals surface area contributed by atoms with Gasteiger partial charge < -0.3 is 20.1 Å². The van der Waals surface area contributed by atoms with E-state index in [0.717, 1.165) is 19.6 Å². The van der Waals surface area contributed by atoms with Gasteiger partial charge >= 0.3 is 11.9 Å². The average molecular weight is 472 g/mol. The number of esters is 2. The molecule has 2 aliphatic carbocycles. The van der Waals surface area contributed by atoms with Gasteiger partial charge in [0, 0.05) is 6.54 Å². The van der Waals surface area contributed by atoms with E-state index in [1.54, 1.807) is 38.1 Å². The molecule has 0 bridgehead atoms. The minimum atomic E-state index is -0.617. The van der Waals surface area contributed by atoms with Crippen molar-refractivity contribution in [1.82, 2.24) is 10.4 Å². The van der Waals surface area contributed by atoms with Gasteiger partial charge in [-0.05, 0) is 56.5 Å². The number of nitrogens with zero attached hydrogens (tertiary/aromatic N) is 1. The van der Waals surface area contributed by atoms with Crippen LogP contribution in [0.5, 0.6) is 0 Å². The van der Waals surface area contributed by atoms with E-state index in [9.17, 15) is 14.4 Å². The van der Waals surface area contributed by atoms with Crippen LogP contribution in [-0.2, 0) is 25.5 Å². The van der Waals surface area contributed by atoms with E-state index in [-0.39, 0.29) is 42.4 Å². The Morgan fingerprint density at radius 3 is 2.00 bits per heavy atom. The lowest BCUT2D eigenvalue weighted by molar-refractivity contribution is -0.133. The van der Waals surface area contributed by atoms with Crippen LogP contribution in [0.15, 0.2) is 24.3 Å². The lowest BCUT2D eigenvalue weighted by atomic mass is 10.1. The third-order valence-electron chi connectivity index (χ3n) is 5.76. The third-order valence-corrected chi connectivity index (χ3v) is 5.76. The number of piperidine rings is 1. The summed E-state index contributed by atoms with van der Waals surface area (Å²) in [6, 6.07) is 6.76. The quantitative estimate of drug-likeness (QED) is 0.308. The van der Waals surface area contributed by atoms with Crippen LogP contribution in [0.2, 0.25) is 0 Å². The summed E-state index contributed by atoms with van der Waals surface area (Å²) in [5, 5.41) is 0. The zero-order valence-electron chi connectivity index (χ0n) is 19.9. The number of likely N-dealkylation sites (tertiary alicyclic amines) is 1. The number of fused-ring (bicyclic) bond motifs is 1. The third kappa shape index (κ3) is 6.24. The normalized spacial score (nSPS) is 14.1. The number of ether oxygens (including phenoxy) is 2. The highest BCUT2D eigenvalue weighted by Crippen LogP contribution is 2.39. The molecule has 184 valence electrons. The van der Waals surface area contributed by atoms with Gasteiger partial charge in [-0.3, -0.25) is 9.63 Å². The summed E-state index contributed by atoms with van der Waals surface area (Å²) in [5.74, 6) is -1.53. The predicted octanol–water partition coefficient (Wildman–Crippen LogP) is 2.80. The molecule has 0 aromatic heterocycles. The van der Waals surface area contributed by atoms with Crippen molar-refractivity contribution in [2.24, 2.45) is 0 Å². The molecule has 3 rings (SSSR count). The summed E-state index contributed by atoms with van der Waals surface area (Å²) in [4.78, 5) is 45.1. The SMILES string of the molecule is CCOC(=O)c1c2ccc(CC(=O)NOCCN3CCCCC3)ccc-2c(C(=O)OCC)c1N. The van der Waals surface area contributed by atoms with E-state index in [1.165, 1.54) is 19.3 Å². The van der Waals surface area contributed by atoms with Crippen LogP contribution >= 0.6 is 0 Å². The molecule has 0 unspecified atom stereocenters. The van der Waals surface area contributed by atoms with Gasteiger partial charge in [0.25, 0.3) is 0 Å². The molecule has 0 radical (unpaired) electrons. The van der Waals surface area contributed by atoms with E-state index in [4.69, 9.17) is 20.0 Å². The highest BCUT2D eigenvalue weighted by molar-refractivity contribution is 6.15. The summed E-state index contributed by atoms with van der Waals surface area (Å²) >= 11 is 0. The molecule has 0 spiro atoms. The number of anilines is 1. The largest absolute Gasteiger partial charge is 0.462 e. The topological polar surface area (TPSA) is 120 Å². The number of hydroxylamine groups is 1. The van der Waals surface area contributed by atoms with Crippen LogP contribution in [0.1, 0.15) is 59.4 Å². The maximum absolute atomic E-state index is 12.6. The Bertz CT molecular complexity index is 931. The molecule has 9 nitrogen and oxygen atoms in total. The van der Waals surface area contributed by atoms with Crippen molar-refractivity contribution in [2.45, 2.75) is 39.5 Å². The molecule has 0 aromatic rings. The number of nitrogens with two attached hydrogens (primary N) is 1. The molecule has 34 heavy (non-hydrogen) atoms. The minimum absolute atomic E-state index is 0.0273. The lowest BCUT2D eigenvalue weighted by Crippen LogP contribution is -2.35. The zero-order valence-corrected chi connectivity index (χ0v) is 19.9. The molecule has 1 heterocycles. The Balaban J connectivity index is 1.73. The van der Waals surface area contributed by atoms with E-state index in [0.29, 0.717) is 23.3 Å². The number of carbonyl (C=O) groups is 3. The van der Waals surface area contributed by atoms with Gasteiger partial charge in [-0.1, -0.05) is 30.7 Å². The zero-order chi connectivity index (χ0) is 24.5. The molecule has 3 aliphatic rings. The molecule has 3 N–H and O–H groups in total. The number of nitrogen functional groups attached to an aromatic ring is 1. The number of carbonyl (C=O) groups excluding carboxylic acids is 3. The molecule has 1 fully saturated rings. The highest BCUT2D eigenvalue weighted by Gasteiger charge is 2.30. The first kappa shape index (κ1) is 25.5. The van der Waals surface area contributed by atoms with Crippen molar-refractivity contribution in [2.75, 3.05) is 45.2 Å². The van der Waals surface area contributed by atoms with Crippen LogP contribution in [0.3, 0.4) is 0 Å². The van der Waals surface area contributed by atoms with Gasteiger partial charge in [0.2, 0.25) is 5.91 Å². The molecule has 1 saturated heterocycles. The number of hydrogen-bond donors (Lipinski definition) is 2. The molecule has 9 heteroatoms. The fourth-order valence-electron chi connectivity index (χ4n) is 4.14. The van der Waals surface area contributed by atoms with Gasteiger partial charge in [0.15, 0.2) is 0 Å². The van der Waals surface area contributed by atoms with E-state index < -0.39 is 11.9 Å². The monoisotopic (exact) mass is 471 g/mol. The fraction of sp³-hybridized carbons (Fsp3) is 0.480. The summed E-state index contributed by atoms with van der Waals surface area (Å²) < 4.78 is 10.3. The summed E-state index contributed by atoms with van der Waals surface area (Å²) in [5.41, 5.74) is 10.5. The van der Waals surface area contributed by atoms with Gasteiger partial charge in [0.1, 0.15) is 0 Å². The number of rotatable bonds is 10. The Morgan fingerprint density at radius 2 is 1.47 bits per heavy atom. The Labute approximate surface area is 199 Å². The summed E-state index contributed by atoms with van der Waals surface area (Å²) in [6.07, 6.45) is 3.75. The fourth-order valence-corrected chi connectivity index (χ4v) is 4.14. The van der Waals surface area contributed by atoms with E-state index in [1.807, 2.05) is 0 Å². The Hall–Kier alpha value is -3.17. The van der Waals surface area contributed by atoms with Crippen molar-refractivity contribution in [1.29, 1.82) is 0 Å². The summed E-state index contributed by atoms with van der Waals surface area (Å²) in [6.45, 7) is 7.06. The van der Waals surface area contributed by atoms with Crippen LogP contribution in [0, 0.1) is 0 Å². The van der Waals surface area contributed by atoms with E-state index in [2.05, 4.69) is 10.4 Å². The Morgan fingerprint density at radius 1 is 0.912 bits per heavy atom. The molecule has 1 aliphatic heterocycles. The second kappa shape index (κ2) is 12.3. The maximum atomic E-state index is 12.6. The van der Waals surface area contributed by atoms with Crippen molar-refractivity contribution in [3.8, 4) is 11.1 Å². The van der Waals surface area contributed by atoms with Gasteiger partial charge in [-0.2, -0.15) is 0 Å². The van der Waals surface area contributed by atoms with Crippen molar-refractivity contribution < 1.29 is 28.7 Å². The lowest BCUT2D eigenvalue weighted by Gasteiger charge is -2.25. The van der Waals surface area contributed by atoms with E-state index >= 15 is 0 Å². The van der Waals surface area contributed by atoms with Gasteiger partial charge in [0.05, 0.1) is 43.1 Å². The molecular weight excluding hydrogens is 438 g/mol. The number of nitrogens with one attached hydrogen (secondary N) is 1. The Kier molecular flexibility index (Phi) is 9.24. The molecule has 0 atom stereocenters. The standard InChI is InChI=1S/C25H33N3O6/c1-3-32-24(30)21-18-10-8-17(9-11-19(18)22(23(21)26)25(31)33-4-2)16-20(29)27-34-15-14-28-12-6-5-7-13-28/h8-11H,3-7,12-16,26H2,1-2H3,(H,27,29). The first-order chi connectivity index (χ1) is 16.5. The predicted molar refractivity (Wildman–Crippen MR) is 127 cm³/mol. The average Bonchev–Trinajstić information content (AvgIpc) is 2.96. The van der Waals surface area contributed by atoms with Crippen molar-refractivity contribution in [3.63, 3.8) is 0 Å². The van der Waals surface area contributed by atoms with Crippen LogP contribution < -0.4 is 11.2 Å². The molecular formula is C25H33N3O6. The van der Waals surface area contributed by atoms with Gasteiger partial charge in [-0.15, -0.1) is 0 Å². The highest BCUT2D eigenvalue weighted by atomic mass is 16.7. The second-order valence-electron chi connectivity index (χ2n) is 8.13. The van der Waals surface area contributed by atoms with Crippen LogP contribution in [0.25, 0.3) is 11.1 Å².